The van der Waals surface area contributed by atoms with Crippen molar-refractivity contribution >= 4 is 16.7 Å². The van der Waals surface area contributed by atoms with E-state index in [0.717, 1.165) is 36.6 Å². The normalized spacial score (nSPS) is 22.5. The van der Waals surface area contributed by atoms with Gasteiger partial charge in [-0.15, -0.1) is 0 Å². The predicted octanol–water partition coefficient (Wildman–Crippen LogP) is 4.35. The van der Waals surface area contributed by atoms with Crippen molar-refractivity contribution in [3.63, 3.8) is 0 Å². The van der Waals surface area contributed by atoms with Crippen molar-refractivity contribution in [2.75, 3.05) is 19.8 Å². The molecule has 3 atom stereocenters. The van der Waals surface area contributed by atoms with Crippen LogP contribution in [-0.2, 0) is 0 Å². The number of pyridine rings is 2. The Bertz CT molecular complexity index is 1070. The number of amides is 1. The van der Waals surface area contributed by atoms with E-state index in [1.54, 1.807) is 12.4 Å². The van der Waals surface area contributed by atoms with Crippen LogP contribution in [0.2, 0.25) is 0 Å². The standard InChI is InChI=1S/C25H27N3O3/c1-2-30-24-23(21-8-4-3-7-17(21)14-27-24)25(29)28-15-18-10-11-20(28)13-19(18)16-31-22-9-5-6-12-26-22/h3-9,12,14,18-20H,2,10-11,13,15-16H2,1H3. The second-order valence-corrected chi connectivity index (χ2v) is 8.38. The summed E-state index contributed by atoms with van der Waals surface area (Å²) in [7, 11) is 0. The minimum atomic E-state index is 0.0338. The Morgan fingerprint density at radius 3 is 2.74 bits per heavy atom. The van der Waals surface area contributed by atoms with Crippen LogP contribution in [-0.4, -0.2) is 46.6 Å². The van der Waals surface area contributed by atoms with Gasteiger partial charge in [0.1, 0.15) is 5.56 Å². The molecule has 6 nitrogen and oxygen atoms in total. The van der Waals surface area contributed by atoms with E-state index in [2.05, 4.69) is 14.9 Å². The van der Waals surface area contributed by atoms with Crippen LogP contribution in [0.3, 0.4) is 0 Å². The van der Waals surface area contributed by atoms with Gasteiger partial charge in [0.25, 0.3) is 5.91 Å². The molecule has 1 amide bonds. The van der Waals surface area contributed by atoms with E-state index in [4.69, 9.17) is 9.47 Å². The fourth-order valence-corrected chi connectivity index (χ4v) is 5.05. The van der Waals surface area contributed by atoms with E-state index in [1.807, 2.05) is 49.4 Å². The van der Waals surface area contributed by atoms with Crippen LogP contribution in [0.5, 0.6) is 11.8 Å². The molecule has 4 heterocycles. The number of carbonyl (C=O) groups excluding carboxylic acids is 1. The lowest BCUT2D eigenvalue weighted by atomic mass is 9.72. The van der Waals surface area contributed by atoms with Gasteiger partial charge in [-0.1, -0.05) is 30.3 Å². The molecule has 0 radical (unpaired) electrons. The molecule has 2 bridgehead atoms. The molecule has 0 spiro atoms. The predicted molar refractivity (Wildman–Crippen MR) is 118 cm³/mol. The maximum Gasteiger partial charge on any atom is 0.260 e. The third-order valence-electron chi connectivity index (χ3n) is 6.59. The number of hydrogen-bond donors (Lipinski definition) is 0. The molecule has 3 aliphatic rings. The highest BCUT2D eigenvalue weighted by molar-refractivity contribution is 6.08. The van der Waals surface area contributed by atoms with E-state index in [9.17, 15) is 4.79 Å². The van der Waals surface area contributed by atoms with Crippen LogP contribution in [0.15, 0.2) is 54.9 Å². The molecule has 2 saturated heterocycles. The lowest BCUT2D eigenvalue weighted by Crippen LogP contribution is -2.55. The van der Waals surface area contributed by atoms with E-state index < -0.39 is 0 Å². The molecule has 2 aromatic heterocycles. The molecule has 31 heavy (non-hydrogen) atoms. The molecule has 3 fully saturated rings. The highest BCUT2D eigenvalue weighted by atomic mass is 16.5. The van der Waals surface area contributed by atoms with Crippen LogP contribution in [0.25, 0.3) is 10.8 Å². The molecular formula is C25H27N3O3. The zero-order valence-corrected chi connectivity index (χ0v) is 17.7. The summed E-state index contributed by atoms with van der Waals surface area (Å²) in [5.41, 5.74) is 0.591. The molecule has 6 rings (SSSR count). The van der Waals surface area contributed by atoms with E-state index in [0.29, 0.717) is 42.4 Å². The lowest BCUT2D eigenvalue weighted by molar-refractivity contribution is -0.00482. The first-order chi connectivity index (χ1) is 15.2. The molecule has 6 heteroatoms. The molecule has 0 N–H and O–H groups in total. The summed E-state index contributed by atoms with van der Waals surface area (Å²) >= 11 is 0. The first-order valence-electron chi connectivity index (χ1n) is 11.1. The average molecular weight is 418 g/mol. The van der Waals surface area contributed by atoms with Gasteiger partial charge < -0.3 is 14.4 Å². The molecule has 3 aromatic rings. The van der Waals surface area contributed by atoms with Gasteiger partial charge >= 0.3 is 0 Å². The van der Waals surface area contributed by atoms with Crippen molar-refractivity contribution < 1.29 is 14.3 Å². The van der Waals surface area contributed by atoms with Crippen LogP contribution in [0.4, 0.5) is 0 Å². The maximum absolute atomic E-state index is 13.7. The highest BCUT2D eigenvalue weighted by Crippen LogP contribution is 2.41. The Morgan fingerprint density at radius 2 is 1.97 bits per heavy atom. The average Bonchev–Trinajstić information content (AvgIpc) is 2.83. The summed E-state index contributed by atoms with van der Waals surface area (Å²) in [6.45, 7) is 3.81. The van der Waals surface area contributed by atoms with Crippen molar-refractivity contribution in [3.8, 4) is 11.8 Å². The van der Waals surface area contributed by atoms with E-state index >= 15 is 0 Å². The monoisotopic (exact) mass is 417 g/mol. The van der Waals surface area contributed by atoms with Crippen LogP contribution >= 0.6 is 0 Å². The summed E-state index contributed by atoms with van der Waals surface area (Å²) in [5, 5.41) is 1.86. The van der Waals surface area contributed by atoms with Crippen LogP contribution in [0, 0.1) is 11.8 Å². The maximum atomic E-state index is 13.7. The van der Waals surface area contributed by atoms with Crippen molar-refractivity contribution in [3.05, 3.63) is 60.4 Å². The minimum Gasteiger partial charge on any atom is -0.477 e. The summed E-state index contributed by atoms with van der Waals surface area (Å²) < 4.78 is 11.7. The molecule has 1 saturated carbocycles. The Balaban J connectivity index is 1.36. The van der Waals surface area contributed by atoms with Gasteiger partial charge in [-0.25, -0.2) is 9.97 Å². The molecule has 1 aliphatic carbocycles. The molecule has 1 aromatic carbocycles. The second-order valence-electron chi connectivity index (χ2n) is 8.38. The van der Waals surface area contributed by atoms with E-state index in [-0.39, 0.29) is 11.9 Å². The smallest absolute Gasteiger partial charge is 0.260 e. The van der Waals surface area contributed by atoms with Gasteiger partial charge in [-0.2, -0.15) is 0 Å². The quantitative estimate of drug-likeness (QED) is 0.597. The van der Waals surface area contributed by atoms with Gasteiger partial charge in [0.15, 0.2) is 0 Å². The third-order valence-corrected chi connectivity index (χ3v) is 6.59. The molecular weight excluding hydrogens is 390 g/mol. The Hall–Kier alpha value is -3.15. The number of nitrogens with zero attached hydrogens (tertiary/aromatic N) is 3. The fraction of sp³-hybridized carbons (Fsp3) is 0.400. The van der Waals surface area contributed by atoms with Gasteiger partial charge in [-0.3, -0.25) is 4.79 Å². The third kappa shape index (κ3) is 3.82. The van der Waals surface area contributed by atoms with Crippen molar-refractivity contribution in [1.82, 2.24) is 14.9 Å². The zero-order chi connectivity index (χ0) is 21.2. The summed E-state index contributed by atoms with van der Waals surface area (Å²) in [4.78, 5) is 24.5. The Morgan fingerprint density at radius 1 is 1.10 bits per heavy atom. The van der Waals surface area contributed by atoms with Crippen LogP contribution in [0.1, 0.15) is 36.5 Å². The number of aromatic nitrogens is 2. The minimum absolute atomic E-state index is 0.0338. The Labute approximate surface area is 182 Å². The molecule has 3 unspecified atom stereocenters. The summed E-state index contributed by atoms with van der Waals surface area (Å²) in [5.74, 6) is 2.02. The van der Waals surface area contributed by atoms with Gasteiger partial charge in [0.05, 0.1) is 13.2 Å². The SMILES string of the molecule is CCOc1ncc2ccccc2c1C(=O)N1CC2CCC1CC2COc1ccccn1. The van der Waals surface area contributed by atoms with Gasteiger partial charge in [0, 0.05) is 41.8 Å². The van der Waals surface area contributed by atoms with Crippen molar-refractivity contribution in [2.45, 2.75) is 32.2 Å². The van der Waals surface area contributed by atoms with Gasteiger partial charge in [0.2, 0.25) is 11.8 Å². The van der Waals surface area contributed by atoms with E-state index in [1.165, 1.54) is 0 Å². The van der Waals surface area contributed by atoms with Crippen molar-refractivity contribution in [2.24, 2.45) is 11.8 Å². The summed E-state index contributed by atoms with van der Waals surface area (Å²) in [6.07, 6.45) is 6.67. The number of fused-ring (bicyclic) bond motifs is 4. The number of hydrogen-bond acceptors (Lipinski definition) is 5. The largest absolute Gasteiger partial charge is 0.477 e. The number of benzene rings is 1. The zero-order valence-electron chi connectivity index (χ0n) is 17.7. The lowest BCUT2D eigenvalue weighted by Gasteiger charge is -2.49. The molecule has 160 valence electrons. The first kappa shape index (κ1) is 19.8. The van der Waals surface area contributed by atoms with Gasteiger partial charge in [-0.05, 0) is 44.1 Å². The topological polar surface area (TPSA) is 64.5 Å². The number of ether oxygens (including phenoxy) is 2. The number of piperidine rings is 2. The first-order valence-corrected chi connectivity index (χ1v) is 11.1. The highest BCUT2D eigenvalue weighted by Gasteiger charge is 2.43. The summed E-state index contributed by atoms with van der Waals surface area (Å²) in [6, 6.07) is 13.8. The molecule has 2 aliphatic heterocycles. The fourth-order valence-electron chi connectivity index (χ4n) is 5.05. The van der Waals surface area contributed by atoms with Crippen LogP contribution < -0.4 is 9.47 Å². The van der Waals surface area contributed by atoms with Crippen molar-refractivity contribution in [1.29, 1.82) is 0 Å². The number of rotatable bonds is 6. The number of carbonyl (C=O) groups is 1. The Kier molecular flexibility index (Phi) is 5.45. The second kappa shape index (κ2) is 8.53.